The van der Waals surface area contributed by atoms with Gasteiger partial charge in [-0.05, 0) is 19.3 Å². The number of rotatable bonds is 7. The molecule has 0 fully saturated rings. The second-order valence-electron chi connectivity index (χ2n) is 5.05. The zero-order valence-electron chi connectivity index (χ0n) is 12.0. The van der Waals surface area contributed by atoms with E-state index in [0.717, 1.165) is 10.7 Å². The van der Waals surface area contributed by atoms with Crippen molar-refractivity contribution < 1.29 is 14.7 Å². The molecule has 0 aromatic carbocycles. The zero-order valence-corrected chi connectivity index (χ0v) is 12.8. The van der Waals surface area contributed by atoms with Gasteiger partial charge in [-0.3, -0.25) is 0 Å². The smallest absolute Gasteiger partial charge is 0.326 e. The van der Waals surface area contributed by atoms with Crippen LogP contribution >= 0.6 is 11.3 Å². The van der Waals surface area contributed by atoms with Crippen LogP contribution in [0.3, 0.4) is 0 Å². The van der Waals surface area contributed by atoms with Gasteiger partial charge in [0.15, 0.2) is 0 Å². The van der Waals surface area contributed by atoms with Crippen molar-refractivity contribution >= 4 is 23.3 Å². The first-order valence-corrected chi connectivity index (χ1v) is 7.44. The second kappa shape index (κ2) is 7.84. The van der Waals surface area contributed by atoms with E-state index in [0.29, 0.717) is 19.4 Å². The fourth-order valence-corrected chi connectivity index (χ4v) is 2.48. The van der Waals surface area contributed by atoms with Crippen molar-refractivity contribution in [2.75, 3.05) is 6.54 Å². The van der Waals surface area contributed by atoms with Crippen LogP contribution in [-0.4, -0.2) is 34.7 Å². The summed E-state index contributed by atoms with van der Waals surface area (Å²) in [6.07, 6.45) is 1.06. The van der Waals surface area contributed by atoms with Crippen LogP contribution in [0.4, 0.5) is 4.79 Å². The molecule has 0 aliphatic rings. The molecule has 0 aliphatic carbocycles. The number of nitrogens with zero attached hydrogens (tertiary/aromatic N) is 1. The van der Waals surface area contributed by atoms with Gasteiger partial charge in [0.1, 0.15) is 6.04 Å². The van der Waals surface area contributed by atoms with E-state index in [-0.39, 0.29) is 5.92 Å². The number of aromatic nitrogens is 1. The monoisotopic (exact) mass is 299 g/mol. The summed E-state index contributed by atoms with van der Waals surface area (Å²) >= 11 is 1.55. The van der Waals surface area contributed by atoms with E-state index >= 15 is 0 Å². The van der Waals surface area contributed by atoms with Crippen molar-refractivity contribution in [3.05, 3.63) is 16.1 Å². The van der Waals surface area contributed by atoms with Gasteiger partial charge in [0.25, 0.3) is 0 Å². The van der Waals surface area contributed by atoms with E-state index in [4.69, 9.17) is 5.11 Å². The van der Waals surface area contributed by atoms with Crippen LogP contribution in [0, 0.1) is 12.8 Å². The van der Waals surface area contributed by atoms with Gasteiger partial charge in [0.05, 0.1) is 5.01 Å². The number of carboxylic acid groups (broad SMARTS) is 1. The Morgan fingerprint density at radius 1 is 1.45 bits per heavy atom. The molecule has 0 saturated carbocycles. The fourth-order valence-electron chi connectivity index (χ4n) is 1.70. The molecule has 7 heteroatoms. The summed E-state index contributed by atoms with van der Waals surface area (Å²) in [5, 5.41) is 17.1. The summed E-state index contributed by atoms with van der Waals surface area (Å²) in [5.41, 5.74) is 0.970. The van der Waals surface area contributed by atoms with Crippen molar-refractivity contribution in [1.29, 1.82) is 0 Å². The number of carbonyl (C=O) groups is 2. The standard InChI is InChI=1S/C13H21N3O3S/c1-8(2)6-10(12(17)18)16-13(19)14-5-4-11-15-9(3)7-20-11/h7-8,10H,4-6H2,1-3H3,(H,17,18)(H2,14,16,19). The Labute approximate surface area is 122 Å². The van der Waals surface area contributed by atoms with Gasteiger partial charge in [-0.15, -0.1) is 11.3 Å². The van der Waals surface area contributed by atoms with Gasteiger partial charge in [-0.25, -0.2) is 14.6 Å². The van der Waals surface area contributed by atoms with Crippen LogP contribution in [0.2, 0.25) is 0 Å². The van der Waals surface area contributed by atoms with Crippen molar-refractivity contribution in [1.82, 2.24) is 15.6 Å². The summed E-state index contributed by atoms with van der Waals surface area (Å²) in [4.78, 5) is 26.9. The Bertz CT molecular complexity index is 459. The number of nitrogens with one attached hydrogen (secondary N) is 2. The van der Waals surface area contributed by atoms with Crippen LogP contribution in [0.15, 0.2) is 5.38 Å². The molecule has 1 atom stereocenters. The van der Waals surface area contributed by atoms with Crippen LogP contribution in [-0.2, 0) is 11.2 Å². The molecule has 1 unspecified atom stereocenters. The maximum Gasteiger partial charge on any atom is 0.326 e. The highest BCUT2D eigenvalue weighted by molar-refractivity contribution is 7.09. The zero-order chi connectivity index (χ0) is 15.1. The van der Waals surface area contributed by atoms with Crippen LogP contribution in [0.5, 0.6) is 0 Å². The second-order valence-corrected chi connectivity index (χ2v) is 6.00. The lowest BCUT2D eigenvalue weighted by Gasteiger charge is -2.16. The maximum atomic E-state index is 11.6. The predicted molar refractivity (Wildman–Crippen MR) is 78.0 cm³/mol. The van der Waals surface area contributed by atoms with E-state index in [1.54, 1.807) is 11.3 Å². The predicted octanol–water partition coefficient (Wildman–Crippen LogP) is 1.79. The normalized spacial score (nSPS) is 12.2. The molecule has 1 rings (SSSR count). The molecular formula is C13H21N3O3S. The molecule has 0 saturated heterocycles. The summed E-state index contributed by atoms with van der Waals surface area (Å²) in [6, 6.07) is -1.30. The number of hydrogen-bond donors (Lipinski definition) is 3. The summed E-state index contributed by atoms with van der Waals surface area (Å²) in [6.45, 7) is 6.19. The first-order valence-electron chi connectivity index (χ1n) is 6.56. The average Bonchev–Trinajstić information content (AvgIpc) is 2.73. The molecule has 1 heterocycles. The first-order chi connectivity index (χ1) is 9.38. The lowest BCUT2D eigenvalue weighted by molar-refractivity contribution is -0.139. The van der Waals surface area contributed by atoms with Crippen molar-refractivity contribution in [2.45, 2.75) is 39.7 Å². The molecule has 20 heavy (non-hydrogen) atoms. The minimum Gasteiger partial charge on any atom is -0.480 e. The Kier molecular flexibility index (Phi) is 6.44. The van der Waals surface area contributed by atoms with E-state index in [1.807, 2.05) is 26.2 Å². The molecule has 3 N–H and O–H groups in total. The molecule has 1 aromatic heterocycles. The largest absolute Gasteiger partial charge is 0.480 e. The highest BCUT2D eigenvalue weighted by Crippen LogP contribution is 2.08. The third kappa shape index (κ3) is 6.01. The number of aliphatic carboxylic acids is 1. The Balaban J connectivity index is 2.32. The van der Waals surface area contributed by atoms with E-state index in [9.17, 15) is 9.59 Å². The molecular weight excluding hydrogens is 278 g/mol. The Morgan fingerprint density at radius 2 is 2.15 bits per heavy atom. The fraction of sp³-hybridized carbons (Fsp3) is 0.615. The summed E-state index contributed by atoms with van der Waals surface area (Å²) < 4.78 is 0. The van der Waals surface area contributed by atoms with E-state index in [1.165, 1.54) is 0 Å². The SMILES string of the molecule is Cc1csc(CCNC(=O)NC(CC(C)C)C(=O)O)n1. The third-order valence-corrected chi connectivity index (χ3v) is 3.63. The Morgan fingerprint density at radius 3 is 2.65 bits per heavy atom. The van der Waals surface area contributed by atoms with Gasteiger partial charge >= 0.3 is 12.0 Å². The van der Waals surface area contributed by atoms with Crippen molar-refractivity contribution in [2.24, 2.45) is 5.92 Å². The molecule has 0 aliphatic heterocycles. The van der Waals surface area contributed by atoms with Gasteiger partial charge in [-0.1, -0.05) is 13.8 Å². The van der Waals surface area contributed by atoms with Crippen molar-refractivity contribution in [3.8, 4) is 0 Å². The number of thiazole rings is 1. The molecule has 6 nitrogen and oxygen atoms in total. The minimum absolute atomic E-state index is 0.203. The molecule has 2 amide bonds. The van der Waals surface area contributed by atoms with Gasteiger partial charge < -0.3 is 15.7 Å². The van der Waals surface area contributed by atoms with Gasteiger partial charge in [0, 0.05) is 24.0 Å². The third-order valence-electron chi connectivity index (χ3n) is 2.60. The highest BCUT2D eigenvalue weighted by atomic mass is 32.1. The number of aryl methyl sites for hydroxylation is 1. The maximum absolute atomic E-state index is 11.6. The van der Waals surface area contributed by atoms with Crippen LogP contribution in [0.25, 0.3) is 0 Å². The summed E-state index contributed by atoms with van der Waals surface area (Å²) in [7, 11) is 0. The lowest BCUT2D eigenvalue weighted by atomic mass is 10.0. The number of amides is 2. The number of hydrogen-bond acceptors (Lipinski definition) is 4. The molecule has 0 radical (unpaired) electrons. The number of urea groups is 1. The number of carbonyl (C=O) groups excluding carboxylic acids is 1. The van der Waals surface area contributed by atoms with E-state index < -0.39 is 18.0 Å². The highest BCUT2D eigenvalue weighted by Gasteiger charge is 2.20. The van der Waals surface area contributed by atoms with Crippen molar-refractivity contribution in [3.63, 3.8) is 0 Å². The minimum atomic E-state index is -1.01. The Hall–Kier alpha value is -1.63. The first kappa shape index (κ1) is 16.4. The van der Waals surface area contributed by atoms with Crippen LogP contribution in [0.1, 0.15) is 31.0 Å². The van der Waals surface area contributed by atoms with E-state index in [2.05, 4.69) is 15.6 Å². The topological polar surface area (TPSA) is 91.3 Å². The molecule has 0 spiro atoms. The molecule has 0 bridgehead atoms. The van der Waals surface area contributed by atoms with Crippen LogP contribution < -0.4 is 10.6 Å². The summed E-state index contributed by atoms with van der Waals surface area (Å²) in [5.74, 6) is -0.806. The average molecular weight is 299 g/mol. The van der Waals surface area contributed by atoms with Gasteiger partial charge in [-0.2, -0.15) is 0 Å². The quantitative estimate of drug-likeness (QED) is 0.716. The number of carboxylic acids is 1. The lowest BCUT2D eigenvalue weighted by Crippen LogP contribution is -2.47. The molecule has 112 valence electrons. The molecule has 1 aromatic rings. The van der Waals surface area contributed by atoms with Gasteiger partial charge in [0.2, 0.25) is 0 Å².